The van der Waals surface area contributed by atoms with Gasteiger partial charge < -0.3 is 9.84 Å². The van der Waals surface area contributed by atoms with Crippen molar-refractivity contribution in [3.63, 3.8) is 0 Å². The lowest BCUT2D eigenvalue weighted by Crippen LogP contribution is -2.55. The highest BCUT2D eigenvalue weighted by Gasteiger charge is 2.46. The molecule has 19 heavy (non-hydrogen) atoms. The summed E-state index contributed by atoms with van der Waals surface area (Å²) < 4.78 is 6.21. The summed E-state index contributed by atoms with van der Waals surface area (Å²) in [5.74, 6) is 0. The third-order valence-corrected chi connectivity index (χ3v) is 5.77. The Balaban J connectivity index is 1.86. The van der Waals surface area contributed by atoms with Gasteiger partial charge in [-0.15, -0.1) is 11.3 Å². The Bertz CT molecular complexity index is 425. The van der Waals surface area contributed by atoms with E-state index in [-0.39, 0.29) is 5.54 Å². The van der Waals surface area contributed by atoms with E-state index < -0.39 is 6.10 Å². The lowest BCUT2D eigenvalue weighted by molar-refractivity contribution is -0.0763. The van der Waals surface area contributed by atoms with Crippen LogP contribution in [0.5, 0.6) is 0 Å². The molecule has 1 saturated heterocycles. The monoisotopic (exact) mass is 301 g/mol. The maximum Gasteiger partial charge on any atom is 0.106 e. The van der Waals surface area contributed by atoms with Gasteiger partial charge in [-0.05, 0) is 25.0 Å². The molecule has 1 aromatic heterocycles. The number of morpholine rings is 1. The van der Waals surface area contributed by atoms with Crippen molar-refractivity contribution in [1.29, 1.82) is 0 Å². The van der Waals surface area contributed by atoms with Crippen LogP contribution in [0.25, 0.3) is 0 Å². The molecule has 0 bridgehead atoms. The number of halogens is 1. The normalized spacial score (nSPS) is 25.6. The highest BCUT2D eigenvalue weighted by Crippen LogP contribution is 2.46. The number of rotatable bonds is 3. The zero-order chi connectivity index (χ0) is 13.3. The van der Waals surface area contributed by atoms with Crippen molar-refractivity contribution in [2.45, 2.75) is 37.3 Å². The minimum absolute atomic E-state index is 0.0992. The van der Waals surface area contributed by atoms with E-state index in [1.165, 1.54) is 24.2 Å². The number of aliphatic hydroxyl groups is 1. The van der Waals surface area contributed by atoms with Gasteiger partial charge in [0.15, 0.2) is 0 Å². The van der Waals surface area contributed by atoms with E-state index in [1.54, 1.807) is 0 Å². The first-order chi connectivity index (χ1) is 9.22. The first-order valence-electron chi connectivity index (χ1n) is 6.98. The van der Waals surface area contributed by atoms with Gasteiger partial charge in [-0.25, -0.2) is 0 Å². The fourth-order valence-electron chi connectivity index (χ4n) is 3.50. The number of nitrogens with zero attached hydrogens (tertiary/aromatic N) is 1. The molecule has 0 amide bonds. The van der Waals surface area contributed by atoms with E-state index in [0.29, 0.717) is 0 Å². The van der Waals surface area contributed by atoms with Crippen LogP contribution in [-0.2, 0) is 4.74 Å². The molecule has 1 N–H and O–H groups in total. The molecule has 0 radical (unpaired) electrons. The van der Waals surface area contributed by atoms with Gasteiger partial charge in [0.25, 0.3) is 0 Å². The molecular formula is C14H20ClNO2S. The highest BCUT2D eigenvalue weighted by molar-refractivity contribution is 7.16. The largest absolute Gasteiger partial charge is 0.386 e. The van der Waals surface area contributed by atoms with Crippen molar-refractivity contribution in [2.75, 3.05) is 26.3 Å². The molecule has 2 fully saturated rings. The standard InChI is InChI=1S/C14H20ClNO2S/c15-12-4-3-11(19-12)13(17)14(5-1-2-6-14)16-7-9-18-10-8-16/h3-4,13,17H,1-2,5-10H2. The molecule has 5 heteroatoms. The second-order valence-electron chi connectivity index (χ2n) is 5.45. The van der Waals surface area contributed by atoms with Crippen LogP contribution in [0.1, 0.15) is 36.7 Å². The van der Waals surface area contributed by atoms with Gasteiger partial charge in [0.2, 0.25) is 0 Å². The lowest BCUT2D eigenvalue weighted by Gasteiger charge is -2.46. The summed E-state index contributed by atoms with van der Waals surface area (Å²) >= 11 is 7.52. The number of hydrogen-bond donors (Lipinski definition) is 1. The molecule has 0 aromatic carbocycles. The maximum absolute atomic E-state index is 10.9. The van der Waals surface area contributed by atoms with E-state index in [1.807, 2.05) is 12.1 Å². The molecule has 1 aliphatic carbocycles. The van der Waals surface area contributed by atoms with Gasteiger partial charge in [0, 0.05) is 18.0 Å². The van der Waals surface area contributed by atoms with Crippen molar-refractivity contribution in [2.24, 2.45) is 0 Å². The zero-order valence-electron chi connectivity index (χ0n) is 11.0. The average molecular weight is 302 g/mol. The Morgan fingerprint density at radius 2 is 1.95 bits per heavy atom. The van der Waals surface area contributed by atoms with E-state index >= 15 is 0 Å². The summed E-state index contributed by atoms with van der Waals surface area (Å²) in [6, 6.07) is 3.85. The van der Waals surface area contributed by atoms with Gasteiger partial charge >= 0.3 is 0 Å². The van der Waals surface area contributed by atoms with Crippen LogP contribution in [0.2, 0.25) is 4.34 Å². The SMILES string of the molecule is OC(c1ccc(Cl)s1)C1(N2CCOCC2)CCCC1. The van der Waals surface area contributed by atoms with Crippen molar-refractivity contribution < 1.29 is 9.84 Å². The first kappa shape index (κ1) is 13.8. The van der Waals surface area contributed by atoms with Crippen LogP contribution in [0.15, 0.2) is 12.1 Å². The second-order valence-corrected chi connectivity index (χ2v) is 7.20. The zero-order valence-corrected chi connectivity index (χ0v) is 12.6. The average Bonchev–Trinajstić information content (AvgIpc) is 3.08. The van der Waals surface area contributed by atoms with Gasteiger partial charge in [0.1, 0.15) is 6.10 Å². The minimum Gasteiger partial charge on any atom is -0.386 e. The number of aliphatic hydroxyl groups excluding tert-OH is 1. The molecule has 1 aliphatic heterocycles. The highest BCUT2D eigenvalue weighted by atomic mass is 35.5. The van der Waals surface area contributed by atoms with Crippen LogP contribution >= 0.6 is 22.9 Å². The fourth-order valence-corrected chi connectivity index (χ4v) is 4.66. The Morgan fingerprint density at radius 3 is 2.53 bits per heavy atom. The van der Waals surface area contributed by atoms with E-state index in [0.717, 1.165) is 48.4 Å². The van der Waals surface area contributed by atoms with Gasteiger partial charge in [0.05, 0.1) is 23.1 Å². The minimum atomic E-state index is -0.425. The molecule has 2 aliphatic rings. The Labute approximate surface area is 123 Å². The van der Waals surface area contributed by atoms with E-state index in [4.69, 9.17) is 16.3 Å². The fraction of sp³-hybridized carbons (Fsp3) is 0.714. The van der Waals surface area contributed by atoms with Gasteiger partial charge in [-0.2, -0.15) is 0 Å². The Morgan fingerprint density at radius 1 is 1.26 bits per heavy atom. The summed E-state index contributed by atoms with van der Waals surface area (Å²) in [7, 11) is 0. The quantitative estimate of drug-likeness (QED) is 0.931. The number of ether oxygens (including phenoxy) is 1. The maximum atomic E-state index is 10.9. The van der Waals surface area contributed by atoms with Crippen LogP contribution in [0.4, 0.5) is 0 Å². The number of thiophene rings is 1. The molecule has 1 unspecified atom stereocenters. The van der Waals surface area contributed by atoms with Crippen LogP contribution in [0.3, 0.4) is 0 Å². The molecule has 3 nitrogen and oxygen atoms in total. The Kier molecular flexibility index (Phi) is 4.15. The van der Waals surface area contributed by atoms with Crippen LogP contribution in [-0.4, -0.2) is 41.8 Å². The molecule has 1 atom stereocenters. The predicted molar refractivity (Wildman–Crippen MR) is 77.9 cm³/mol. The molecular weight excluding hydrogens is 282 g/mol. The van der Waals surface area contributed by atoms with E-state index in [2.05, 4.69) is 4.90 Å². The predicted octanol–water partition coefficient (Wildman–Crippen LogP) is 3.08. The van der Waals surface area contributed by atoms with Crippen molar-refractivity contribution in [1.82, 2.24) is 4.90 Å². The van der Waals surface area contributed by atoms with Crippen molar-refractivity contribution >= 4 is 22.9 Å². The topological polar surface area (TPSA) is 32.7 Å². The molecule has 1 aromatic rings. The first-order valence-corrected chi connectivity index (χ1v) is 8.18. The van der Waals surface area contributed by atoms with Crippen LogP contribution < -0.4 is 0 Å². The van der Waals surface area contributed by atoms with Crippen molar-refractivity contribution in [3.05, 3.63) is 21.3 Å². The van der Waals surface area contributed by atoms with Crippen molar-refractivity contribution in [3.8, 4) is 0 Å². The summed E-state index contributed by atoms with van der Waals surface area (Å²) in [6.07, 6.45) is 4.12. The Hall–Kier alpha value is -0.130. The third-order valence-electron chi connectivity index (χ3n) is 4.48. The molecule has 1 saturated carbocycles. The van der Waals surface area contributed by atoms with Crippen LogP contribution in [0, 0.1) is 0 Å². The van der Waals surface area contributed by atoms with Gasteiger partial charge in [-0.3, -0.25) is 4.90 Å². The molecule has 106 valence electrons. The summed E-state index contributed by atoms with van der Waals surface area (Å²) in [5.41, 5.74) is -0.0992. The smallest absolute Gasteiger partial charge is 0.106 e. The molecule has 3 rings (SSSR count). The molecule has 0 spiro atoms. The third kappa shape index (κ3) is 2.57. The second kappa shape index (κ2) is 5.70. The van der Waals surface area contributed by atoms with E-state index in [9.17, 15) is 5.11 Å². The number of hydrogen-bond acceptors (Lipinski definition) is 4. The lowest BCUT2D eigenvalue weighted by atomic mass is 9.87. The van der Waals surface area contributed by atoms with Gasteiger partial charge in [-0.1, -0.05) is 24.4 Å². The summed E-state index contributed by atoms with van der Waals surface area (Å²) in [5, 5.41) is 10.9. The molecule has 2 heterocycles. The summed E-state index contributed by atoms with van der Waals surface area (Å²) in [6.45, 7) is 3.41. The summed E-state index contributed by atoms with van der Waals surface area (Å²) in [4.78, 5) is 3.44.